The van der Waals surface area contributed by atoms with Gasteiger partial charge in [0, 0.05) is 13.1 Å². The molecule has 1 N–H and O–H groups in total. The van der Waals surface area contributed by atoms with Gasteiger partial charge in [-0.2, -0.15) is 0 Å². The minimum atomic E-state index is -2.89. The zero-order valence-electron chi connectivity index (χ0n) is 11.1. The second kappa shape index (κ2) is 5.88. The topological polar surface area (TPSA) is 70.5 Å². The van der Waals surface area contributed by atoms with Gasteiger partial charge in [-0.1, -0.05) is 6.92 Å². The first-order chi connectivity index (χ1) is 9.02. The van der Waals surface area contributed by atoms with Gasteiger partial charge in [0.05, 0.1) is 35.2 Å². The number of pyridine rings is 1. The van der Waals surface area contributed by atoms with Crippen molar-refractivity contribution in [1.29, 1.82) is 0 Å². The van der Waals surface area contributed by atoms with E-state index in [1.807, 2.05) is 24.0 Å². The lowest BCUT2D eigenvalue weighted by Crippen LogP contribution is -2.26. The molecule has 0 aliphatic carbocycles. The molecular weight excluding hydrogens is 264 g/mol. The Morgan fingerprint density at radius 1 is 1.37 bits per heavy atom. The maximum atomic E-state index is 11.6. The lowest BCUT2D eigenvalue weighted by atomic mass is 10.2. The van der Waals surface area contributed by atoms with Crippen LogP contribution in [0.5, 0.6) is 0 Å². The molecule has 1 aromatic rings. The maximum Gasteiger partial charge on any atom is 0.152 e. The number of sulfone groups is 1. The summed E-state index contributed by atoms with van der Waals surface area (Å²) in [7, 11) is -2.89. The van der Waals surface area contributed by atoms with Crippen LogP contribution in [0, 0.1) is 0 Å². The van der Waals surface area contributed by atoms with E-state index in [0.717, 1.165) is 12.2 Å². The quantitative estimate of drug-likeness (QED) is 0.901. The van der Waals surface area contributed by atoms with E-state index in [0.29, 0.717) is 25.1 Å². The number of aliphatic hydroxyl groups excluding tert-OH is 1. The smallest absolute Gasteiger partial charge is 0.152 e. The predicted octanol–water partition coefficient (Wildman–Crippen LogP) is 1.15. The fourth-order valence-electron chi connectivity index (χ4n) is 2.19. The molecular formula is C13H20N2O3S. The highest BCUT2D eigenvalue weighted by Gasteiger charge is 2.19. The molecule has 19 heavy (non-hydrogen) atoms. The molecule has 1 aromatic heterocycles. The summed E-state index contributed by atoms with van der Waals surface area (Å²) < 4.78 is 23.1. The fourth-order valence-corrected chi connectivity index (χ4v) is 3.46. The van der Waals surface area contributed by atoms with Gasteiger partial charge in [-0.25, -0.2) is 8.42 Å². The molecule has 0 bridgehead atoms. The summed E-state index contributed by atoms with van der Waals surface area (Å²) in [5, 5.41) is 9.69. The van der Waals surface area contributed by atoms with E-state index in [4.69, 9.17) is 0 Å². The van der Waals surface area contributed by atoms with Crippen LogP contribution in [0.3, 0.4) is 0 Å². The van der Waals surface area contributed by atoms with E-state index in [9.17, 15) is 13.5 Å². The molecule has 6 heteroatoms. The molecule has 0 aromatic carbocycles. The van der Waals surface area contributed by atoms with Gasteiger partial charge in [-0.15, -0.1) is 0 Å². The standard InChI is InChI=1S/C13H20N2O3S/c1-2-13(16)12-5-4-11(10-14-12)15-6-3-8-19(17,18)9-7-15/h4-5,10,13,16H,2-3,6-9H2,1H3. The van der Waals surface area contributed by atoms with Gasteiger partial charge < -0.3 is 10.0 Å². The molecule has 1 aliphatic rings. The van der Waals surface area contributed by atoms with Crippen LogP contribution in [-0.4, -0.2) is 43.1 Å². The summed E-state index contributed by atoms with van der Waals surface area (Å²) >= 11 is 0. The van der Waals surface area contributed by atoms with Gasteiger partial charge >= 0.3 is 0 Å². The first kappa shape index (κ1) is 14.3. The third kappa shape index (κ3) is 3.67. The largest absolute Gasteiger partial charge is 0.387 e. The van der Waals surface area contributed by atoms with Crippen LogP contribution < -0.4 is 4.90 Å². The van der Waals surface area contributed by atoms with Crippen molar-refractivity contribution in [2.45, 2.75) is 25.9 Å². The highest BCUT2D eigenvalue weighted by Crippen LogP contribution is 2.20. The molecule has 1 unspecified atom stereocenters. The van der Waals surface area contributed by atoms with E-state index < -0.39 is 15.9 Å². The summed E-state index contributed by atoms with van der Waals surface area (Å²) in [5.74, 6) is 0.468. The Bertz CT molecular complexity index is 513. The van der Waals surface area contributed by atoms with Crippen LogP contribution in [0.2, 0.25) is 0 Å². The average molecular weight is 284 g/mol. The van der Waals surface area contributed by atoms with E-state index >= 15 is 0 Å². The normalized spacial score (nSPS) is 20.8. The van der Waals surface area contributed by atoms with Gasteiger partial charge in [0.1, 0.15) is 0 Å². The Hall–Kier alpha value is -1.14. The lowest BCUT2D eigenvalue weighted by Gasteiger charge is -2.22. The number of aliphatic hydroxyl groups is 1. The number of anilines is 1. The molecule has 1 aliphatic heterocycles. The van der Waals surface area contributed by atoms with Crippen LogP contribution in [0.25, 0.3) is 0 Å². The van der Waals surface area contributed by atoms with Crippen LogP contribution in [0.15, 0.2) is 18.3 Å². The summed E-state index contributed by atoms with van der Waals surface area (Å²) in [6.07, 6.45) is 2.47. The van der Waals surface area contributed by atoms with Crippen molar-refractivity contribution in [3.8, 4) is 0 Å². The lowest BCUT2D eigenvalue weighted by molar-refractivity contribution is 0.169. The van der Waals surface area contributed by atoms with Crippen LogP contribution in [0.1, 0.15) is 31.6 Å². The van der Waals surface area contributed by atoms with Crippen molar-refractivity contribution in [3.63, 3.8) is 0 Å². The van der Waals surface area contributed by atoms with Gasteiger partial charge in [-0.3, -0.25) is 4.98 Å². The third-order valence-electron chi connectivity index (χ3n) is 3.42. The number of aromatic nitrogens is 1. The van der Waals surface area contributed by atoms with Crippen molar-refractivity contribution in [2.24, 2.45) is 0 Å². The summed E-state index contributed by atoms with van der Waals surface area (Å²) in [4.78, 5) is 6.29. The van der Waals surface area contributed by atoms with Crippen LogP contribution in [0.4, 0.5) is 5.69 Å². The van der Waals surface area contributed by atoms with Crippen molar-refractivity contribution in [3.05, 3.63) is 24.0 Å². The number of rotatable bonds is 3. The number of hydrogen-bond acceptors (Lipinski definition) is 5. The molecule has 0 spiro atoms. The van der Waals surface area contributed by atoms with Crippen molar-refractivity contribution < 1.29 is 13.5 Å². The summed E-state index contributed by atoms with van der Waals surface area (Å²) in [5.41, 5.74) is 1.58. The van der Waals surface area contributed by atoms with E-state index in [1.165, 1.54) is 0 Å². The number of nitrogens with zero attached hydrogens (tertiary/aromatic N) is 2. The predicted molar refractivity (Wildman–Crippen MR) is 75.0 cm³/mol. The molecule has 1 atom stereocenters. The molecule has 2 heterocycles. The zero-order valence-corrected chi connectivity index (χ0v) is 11.9. The van der Waals surface area contributed by atoms with Gasteiger partial charge in [0.2, 0.25) is 0 Å². The molecule has 2 rings (SSSR count). The van der Waals surface area contributed by atoms with Gasteiger partial charge in [0.25, 0.3) is 0 Å². The molecule has 0 radical (unpaired) electrons. The Labute approximate surface area is 114 Å². The SMILES string of the molecule is CCC(O)c1ccc(N2CCCS(=O)(=O)CC2)cn1. The number of hydrogen-bond donors (Lipinski definition) is 1. The second-order valence-electron chi connectivity index (χ2n) is 4.86. The molecule has 5 nitrogen and oxygen atoms in total. The second-order valence-corrected chi connectivity index (χ2v) is 7.16. The van der Waals surface area contributed by atoms with Crippen molar-refractivity contribution in [1.82, 2.24) is 4.98 Å². The highest BCUT2D eigenvalue weighted by molar-refractivity contribution is 7.91. The Morgan fingerprint density at radius 2 is 2.16 bits per heavy atom. The minimum absolute atomic E-state index is 0.201. The minimum Gasteiger partial charge on any atom is -0.387 e. The highest BCUT2D eigenvalue weighted by atomic mass is 32.2. The maximum absolute atomic E-state index is 11.6. The molecule has 1 fully saturated rings. The van der Waals surface area contributed by atoms with Crippen molar-refractivity contribution in [2.75, 3.05) is 29.5 Å². The van der Waals surface area contributed by atoms with Crippen LogP contribution >= 0.6 is 0 Å². The van der Waals surface area contributed by atoms with Crippen molar-refractivity contribution >= 4 is 15.5 Å². The Morgan fingerprint density at radius 3 is 2.79 bits per heavy atom. The summed E-state index contributed by atoms with van der Waals surface area (Å²) in [6.45, 7) is 3.15. The zero-order chi connectivity index (χ0) is 13.9. The Balaban J connectivity index is 2.10. The monoisotopic (exact) mass is 284 g/mol. The third-order valence-corrected chi connectivity index (χ3v) is 5.13. The average Bonchev–Trinajstić information content (AvgIpc) is 2.59. The Kier molecular flexibility index (Phi) is 4.42. The van der Waals surface area contributed by atoms with Gasteiger partial charge in [-0.05, 0) is 25.0 Å². The van der Waals surface area contributed by atoms with Crippen LogP contribution in [-0.2, 0) is 9.84 Å². The fraction of sp³-hybridized carbons (Fsp3) is 0.615. The van der Waals surface area contributed by atoms with E-state index in [-0.39, 0.29) is 11.5 Å². The summed E-state index contributed by atoms with van der Waals surface area (Å²) in [6, 6.07) is 3.71. The molecule has 106 valence electrons. The molecule has 1 saturated heterocycles. The molecule has 0 saturated carbocycles. The first-order valence-corrected chi connectivity index (χ1v) is 8.43. The van der Waals surface area contributed by atoms with E-state index in [2.05, 4.69) is 4.98 Å². The molecule has 0 amide bonds. The van der Waals surface area contributed by atoms with Gasteiger partial charge in [0.15, 0.2) is 9.84 Å². The first-order valence-electron chi connectivity index (χ1n) is 6.61. The van der Waals surface area contributed by atoms with E-state index in [1.54, 1.807) is 6.20 Å².